The summed E-state index contributed by atoms with van der Waals surface area (Å²) in [4.78, 5) is 10.4. The highest BCUT2D eigenvalue weighted by Crippen LogP contribution is 2.04. The molecule has 0 saturated carbocycles. The first-order valence-corrected chi connectivity index (χ1v) is 4.91. The molecule has 14 heavy (non-hydrogen) atoms. The number of rotatable bonds is 5. The lowest BCUT2D eigenvalue weighted by Crippen LogP contribution is -2.38. The maximum absolute atomic E-state index is 10.4. The zero-order chi connectivity index (χ0) is 11.7. The molecule has 0 radical (unpaired) electrons. The number of primary amides is 1. The second-order valence-corrected chi connectivity index (χ2v) is 3.11. The Labute approximate surface area is 86.7 Å². The van der Waals surface area contributed by atoms with Gasteiger partial charge in [0, 0.05) is 11.7 Å². The zero-order valence-electron chi connectivity index (χ0n) is 9.63. The zero-order valence-corrected chi connectivity index (χ0v) is 9.63. The minimum Gasteiger partial charge on any atom is -0.379 e. The fraction of sp³-hybridized carbons (Fsp3) is 0.700. The van der Waals surface area contributed by atoms with E-state index in [0.717, 1.165) is 0 Å². The van der Waals surface area contributed by atoms with Gasteiger partial charge >= 0.3 is 0 Å². The Morgan fingerprint density at radius 2 is 1.86 bits per heavy atom. The summed E-state index contributed by atoms with van der Waals surface area (Å²) in [5, 5.41) is 2.77. The first-order valence-electron chi connectivity index (χ1n) is 4.91. The highest BCUT2D eigenvalue weighted by molar-refractivity contribution is 5.76. The van der Waals surface area contributed by atoms with Crippen molar-refractivity contribution in [3.63, 3.8) is 0 Å². The normalized spacial score (nSPS) is 11.3. The molecule has 5 N–H and O–H groups in total. The maximum Gasteiger partial charge on any atom is 0.236 e. The molecule has 84 valence electrons. The Balaban J connectivity index is 0. The third-order valence-corrected chi connectivity index (χ3v) is 1.61. The average molecular weight is 201 g/mol. The van der Waals surface area contributed by atoms with Gasteiger partial charge in [0.2, 0.25) is 5.91 Å². The molecule has 0 aliphatic rings. The predicted octanol–water partition coefficient (Wildman–Crippen LogP) is 0.585. The van der Waals surface area contributed by atoms with Gasteiger partial charge in [-0.2, -0.15) is 0 Å². The molecule has 0 aliphatic carbocycles. The van der Waals surface area contributed by atoms with E-state index in [9.17, 15) is 4.79 Å². The van der Waals surface area contributed by atoms with E-state index in [1.807, 2.05) is 27.7 Å². The van der Waals surface area contributed by atoms with E-state index < -0.39 is 5.91 Å². The molecule has 4 heteroatoms. The van der Waals surface area contributed by atoms with Crippen LogP contribution in [0.25, 0.3) is 0 Å². The summed E-state index contributed by atoms with van der Waals surface area (Å²) in [6.45, 7) is 11.8. The van der Waals surface area contributed by atoms with Crippen molar-refractivity contribution in [3.8, 4) is 0 Å². The lowest BCUT2D eigenvalue weighted by molar-refractivity contribution is -0.117. The standard InChI is InChI=1S/C8H17N3O.C2H6/c1-5(2)8(10)6(3)11-4-7(9)12;1-2/h5,8,11H,3-4,10H2,1-2H3,(H2,9,12);1-2H3. The number of hydrogen-bond acceptors (Lipinski definition) is 3. The average Bonchev–Trinajstić information content (AvgIpc) is 2.15. The highest BCUT2D eigenvalue weighted by atomic mass is 16.1. The summed E-state index contributed by atoms with van der Waals surface area (Å²) in [6.07, 6.45) is 0. The summed E-state index contributed by atoms with van der Waals surface area (Å²) in [5.41, 5.74) is 11.3. The Hall–Kier alpha value is -1.03. The van der Waals surface area contributed by atoms with Crippen molar-refractivity contribution in [2.24, 2.45) is 17.4 Å². The molecule has 0 aromatic rings. The van der Waals surface area contributed by atoms with E-state index in [1.165, 1.54) is 0 Å². The molecule has 4 nitrogen and oxygen atoms in total. The maximum atomic E-state index is 10.4. The van der Waals surface area contributed by atoms with Gasteiger partial charge in [-0.25, -0.2) is 0 Å². The second kappa shape index (κ2) is 8.56. The van der Waals surface area contributed by atoms with Gasteiger partial charge in [-0.05, 0) is 5.92 Å². The predicted molar refractivity (Wildman–Crippen MR) is 60.5 cm³/mol. The van der Waals surface area contributed by atoms with Gasteiger partial charge in [-0.1, -0.05) is 34.3 Å². The van der Waals surface area contributed by atoms with Crippen molar-refractivity contribution in [1.29, 1.82) is 0 Å². The first kappa shape index (κ1) is 15.4. The SMILES string of the molecule is C=C(NCC(N)=O)C(N)C(C)C.CC. The van der Waals surface area contributed by atoms with Crippen LogP contribution in [0.15, 0.2) is 12.3 Å². The molecule has 1 unspecified atom stereocenters. The van der Waals surface area contributed by atoms with Crippen molar-refractivity contribution in [3.05, 3.63) is 12.3 Å². The van der Waals surface area contributed by atoms with Crippen LogP contribution in [0.2, 0.25) is 0 Å². The van der Waals surface area contributed by atoms with Gasteiger partial charge in [-0.15, -0.1) is 0 Å². The van der Waals surface area contributed by atoms with Crippen molar-refractivity contribution >= 4 is 5.91 Å². The number of amides is 1. The monoisotopic (exact) mass is 201 g/mol. The molecule has 0 aromatic carbocycles. The lowest BCUT2D eigenvalue weighted by atomic mass is 10.0. The van der Waals surface area contributed by atoms with Crippen LogP contribution in [-0.2, 0) is 4.79 Å². The Morgan fingerprint density at radius 3 is 2.14 bits per heavy atom. The van der Waals surface area contributed by atoms with Gasteiger partial charge in [0.1, 0.15) is 0 Å². The smallest absolute Gasteiger partial charge is 0.236 e. The van der Waals surface area contributed by atoms with Crippen LogP contribution in [0, 0.1) is 5.92 Å². The van der Waals surface area contributed by atoms with Crippen LogP contribution in [0.1, 0.15) is 27.7 Å². The molecule has 0 rings (SSSR count). The van der Waals surface area contributed by atoms with Crippen molar-refractivity contribution in [2.75, 3.05) is 6.54 Å². The summed E-state index contributed by atoms with van der Waals surface area (Å²) in [6, 6.07) is -0.135. The van der Waals surface area contributed by atoms with Crippen LogP contribution in [0.4, 0.5) is 0 Å². The van der Waals surface area contributed by atoms with Gasteiger partial charge in [0.05, 0.1) is 6.54 Å². The fourth-order valence-corrected chi connectivity index (χ4v) is 0.721. The van der Waals surface area contributed by atoms with Crippen LogP contribution in [0.5, 0.6) is 0 Å². The summed E-state index contributed by atoms with van der Waals surface area (Å²) in [5.74, 6) is -0.106. The quantitative estimate of drug-likeness (QED) is 0.608. The Morgan fingerprint density at radius 1 is 1.43 bits per heavy atom. The van der Waals surface area contributed by atoms with Crippen molar-refractivity contribution in [1.82, 2.24) is 5.32 Å². The molecular weight excluding hydrogens is 178 g/mol. The van der Waals surface area contributed by atoms with E-state index in [4.69, 9.17) is 11.5 Å². The van der Waals surface area contributed by atoms with Gasteiger partial charge in [0.15, 0.2) is 0 Å². The van der Waals surface area contributed by atoms with Crippen LogP contribution in [0.3, 0.4) is 0 Å². The van der Waals surface area contributed by atoms with Gasteiger partial charge in [-0.3, -0.25) is 4.79 Å². The third kappa shape index (κ3) is 7.61. The van der Waals surface area contributed by atoms with E-state index in [-0.39, 0.29) is 12.6 Å². The van der Waals surface area contributed by atoms with Crippen LogP contribution in [-0.4, -0.2) is 18.5 Å². The molecule has 0 bridgehead atoms. The number of hydrogen-bond donors (Lipinski definition) is 3. The topological polar surface area (TPSA) is 81.1 Å². The van der Waals surface area contributed by atoms with E-state index >= 15 is 0 Å². The van der Waals surface area contributed by atoms with E-state index in [0.29, 0.717) is 11.6 Å². The molecule has 1 amide bonds. The molecule has 1 atom stereocenters. The van der Waals surface area contributed by atoms with Crippen molar-refractivity contribution in [2.45, 2.75) is 33.7 Å². The molecule has 0 aliphatic heterocycles. The second-order valence-electron chi connectivity index (χ2n) is 3.11. The van der Waals surface area contributed by atoms with E-state index in [2.05, 4.69) is 11.9 Å². The third-order valence-electron chi connectivity index (χ3n) is 1.61. The molecule has 0 fully saturated rings. The highest BCUT2D eigenvalue weighted by Gasteiger charge is 2.10. The number of carbonyl (C=O) groups excluding carboxylic acids is 1. The summed E-state index contributed by atoms with van der Waals surface area (Å²) in [7, 11) is 0. The minimum absolute atomic E-state index is 0.0965. The van der Waals surface area contributed by atoms with Crippen LogP contribution < -0.4 is 16.8 Å². The fourth-order valence-electron chi connectivity index (χ4n) is 0.721. The summed E-state index contributed by atoms with van der Waals surface area (Å²) >= 11 is 0. The first-order chi connectivity index (χ1) is 6.45. The largest absolute Gasteiger partial charge is 0.379 e. The van der Waals surface area contributed by atoms with Gasteiger partial charge < -0.3 is 16.8 Å². The van der Waals surface area contributed by atoms with Crippen molar-refractivity contribution < 1.29 is 4.79 Å². The van der Waals surface area contributed by atoms with Crippen LogP contribution >= 0.6 is 0 Å². The molecule has 0 saturated heterocycles. The van der Waals surface area contributed by atoms with Gasteiger partial charge in [0.25, 0.3) is 0 Å². The minimum atomic E-state index is -0.410. The van der Waals surface area contributed by atoms with E-state index in [1.54, 1.807) is 0 Å². The number of nitrogens with one attached hydrogen (secondary N) is 1. The molecular formula is C10H23N3O. The Kier molecular flexibility index (Phi) is 9.45. The Bertz CT molecular complexity index is 178. The summed E-state index contributed by atoms with van der Waals surface area (Å²) < 4.78 is 0. The molecule has 0 spiro atoms. The molecule has 0 aromatic heterocycles. The number of carbonyl (C=O) groups is 1. The lowest BCUT2D eigenvalue weighted by Gasteiger charge is -2.19. The number of nitrogens with two attached hydrogens (primary N) is 2. The molecule has 0 heterocycles.